The van der Waals surface area contributed by atoms with Gasteiger partial charge in [0, 0.05) is 6.07 Å². The van der Waals surface area contributed by atoms with E-state index in [1.165, 1.54) is 22.7 Å². The summed E-state index contributed by atoms with van der Waals surface area (Å²) in [6.07, 6.45) is 6.29. The molecule has 1 fully saturated rings. The molecule has 0 bridgehead atoms. The van der Waals surface area contributed by atoms with Crippen molar-refractivity contribution in [1.29, 1.82) is 0 Å². The zero-order chi connectivity index (χ0) is 12.0. The summed E-state index contributed by atoms with van der Waals surface area (Å²) in [5.41, 5.74) is 0.833. The molecule has 5 heteroatoms. The molecule has 0 radical (unpaired) electrons. The molecular formula is C12H13ClN2O2. The first-order chi connectivity index (χ1) is 8.18. The Hall–Kier alpha value is -1.29. The molecule has 3 rings (SSSR count). The van der Waals surface area contributed by atoms with E-state index in [0.717, 1.165) is 19.3 Å². The quantitative estimate of drug-likeness (QED) is 0.660. The lowest BCUT2D eigenvalue weighted by Crippen LogP contribution is -2.43. The maximum atomic E-state index is 12.1. The van der Waals surface area contributed by atoms with Gasteiger partial charge < -0.3 is 0 Å². The number of nitrogens with zero attached hydrogens (tertiary/aromatic N) is 2. The fourth-order valence-electron chi connectivity index (χ4n) is 2.80. The Morgan fingerprint density at radius 1 is 1.29 bits per heavy atom. The molecule has 0 N–H and O–H groups in total. The van der Waals surface area contributed by atoms with Crippen LogP contribution in [0.4, 0.5) is 0 Å². The molecular weight excluding hydrogens is 240 g/mol. The third kappa shape index (κ3) is 1.59. The smallest absolute Gasteiger partial charge is 0.268 e. The Morgan fingerprint density at radius 3 is 2.94 bits per heavy atom. The molecule has 17 heavy (non-hydrogen) atoms. The van der Waals surface area contributed by atoms with Gasteiger partial charge in [-0.3, -0.25) is 9.59 Å². The summed E-state index contributed by atoms with van der Waals surface area (Å²) < 4.78 is 3.05. The molecule has 0 spiro atoms. The van der Waals surface area contributed by atoms with Gasteiger partial charge in [0.2, 0.25) is 0 Å². The maximum Gasteiger partial charge on any atom is 0.284 e. The normalized spacial score (nSPS) is 22.6. The Kier molecular flexibility index (Phi) is 2.47. The third-order valence-electron chi connectivity index (χ3n) is 3.62. The van der Waals surface area contributed by atoms with Gasteiger partial charge in [-0.05, 0) is 24.8 Å². The zero-order valence-electron chi connectivity index (χ0n) is 9.36. The lowest BCUT2D eigenvalue weighted by molar-refractivity contribution is 0.316. The van der Waals surface area contributed by atoms with Crippen molar-refractivity contribution in [1.82, 2.24) is 9.36 Å². The molecule has 2 aliphatic rings. The van der Waals surface area contributed by atoms with Crippen LogP contribution >= 0.6 is 11.6 Å². The molecule has 1 atom stereocenters. The SMILES string of the molecule is O=c1cc(Cl)c(=O)n2n1CC=C1CCCCC12. The number of hydrogen-bond donors (Lipinski definition) is 0. The van der Waals surface area contributed by atoms with Crippen LogP contribution in [0.5, 0.6) is 0 Å². The van der Waals surface area contributed by atoms with Crippen LogP contribution in [0.15, 0.2) is 27.3 Å². The second-order valence-electron chi connectivity index (χ2n) is 4.60. The molecule has 2 heterocycles. The van der Waals surface area contributed by atoms with Gasteiger partial charge in [0.1, 0.15) is 5.02 Å². The highest BCUT2D eigenvalue weighted by Crippen LogP contribution is 2.34. The number of fused-ring (bicyclic) bond motifs is 3. The van der Waals surface area contributed by atoms with Gasteiger partial charge in [-0.25, -0.2) is 9.36 Å². The molecule has 0 amide bonds. The van der Waals surface area contributed by atoms with Gasteiger partial charge in [-0.15, -0.1) is 0 Å². The number of aromatic nitrogens is 2. The summed E-state index contributed by atoms with van der Waals surface area (Å²) in [4.78, 5) is 23.9. The van der Waals surface area contributed by atoms with Crippen LogP contribution in [0.2, 0.25) is 5.02 Å². The lowest BCUT2D eigenvalue weighted by atomic mass is 9.89. The summed E-state index contributed by atoms with van der Waals surface area (Å²) in [5.74, 6) is 0. The van der Waals surface area contributed by atoms with Crippen molar-refractivity contribution in [2.24, 2.45) is 0 Å². The van der Waals surface area contributed by atoms with E-state index in [1.54, 1.807) is 4.68 Å². The first-order valence-electron chi connectivity index (χ1n) is 5.89. The van der Waals surface area contributed by atoms with Crippen molar-refractivity contribution >= 4 is 11.6 Å². The molecule has 4 nitrogen and oxygen atoms in total. The van der Waals surface area contributed by atoms with E-state index < -0.39 is 0 Å². The van der Waals surface area contributed by atoms with E-state index in [-0.39, 0.29) is 22.2 Å². The van der Waals surface area contributed by atoms with Gasteiger partial charge in [-0.1, -0.05) is 24.1 Å². The molecule has 1 aliphatic heterocycles. The zero-order valence-corrected chi connectivity index (χ0v) is 10.1. The van der Waals surface area contributed by atoms with E-state index >= 15 is 0 Å². The van der Waals surface area contributed by atoms with Crippen molar-refractivity contribution in [2.75, 3.05) is 0 Å². The van der Waals surface area contributed by atoms with Crippen LogP contribution < -0.4 is 11.1 Å². The minimum atomic E-state index is -0.247. The van der Waals surface area contributed by atoms with Crippen LogP contribution in [0.1, 0.15) is 31.7 Å². The summed E-state index contributed by atoms with van der Waals surface area (Å²) in [7, 11) is 0. The second-order valence-corrected chi connectivity index (χ2v) is 5.01. The monoisotopic (exact) mass is 252 g/mol. The molecule has 0 saturated heterocycles. The first-order valence-corrected chi connectivity index (χ1v) is 6.27. The largest absolute Gasteiger partial charge is 0.284 e. The average molecular weight is 253 g/mol. The van der Waals surface area contributed by atoms with Crippen LogP contribution in [-0.4, -0.2) is 9.36 Å². The van der Waals surface area contributed by atoms with Gasteiger partial charge in [-0.2, -0.15) is 0 Å². The Labute approximate surface area is 103 Å². The highest BCUT2D eigenvalue weighted by Gasteiger charge is 2.27. The minimum Gasteiger partial charge on any atom is -0.268 e. The van der Waals surface area contributed by atoms with Gasteiger partial charge >= 0.3 is 0 Å². The fraction of sp³-hybridized carbons (Fsp3) is 0.500. The molecule has 90 valence electrons. The molecule has 1 aromatic heterocycles. The second kappa shape index (κ2) is 3.88. The van der Waals surface area contributed by atoms with E-state index in [4.69, 9.17) is 11.6 Å². The Balaban J connectivity index is 2.26. The van der Waals surface area contributed by atoms with Crippen molar-refractivity contribution < 1.29 is 0 Å². The molecule has 1 unspecified atom stereocenters. The maximum absolute atomic E-state index is 12.1. The fourth-order valence-corrected chi connectivity index (χ4v) is 2.98. The highest BCUT2D eigenvalue weighted by molar-refractivity contribution is 6.30. The summed E-state index contributed by atoms with van der Waals surface area (Å²) in [6, 6.07) is 1.25. The van der Waals surface area contributed by atoms with Crippen molar-refractivity contribution in [3.8, 4) is 0 Å². The van der Waals surface area contributed by atoms with Gasteiger partial charge in [0.15, 0.2) is 0 Å². The van der Waals surface area contributed by atoms with Crippen molar-refractivity contribution in [3.63, 3.8) is 0 Å². The third-order valence-corrected chi connectivity index (χ3v) is 3.89. The average Bonchev–Trinajstić information content (AvgIpc) is 2.35. The number of halogens is 1. The van der Waals surface area contributed by atoms with Crippen molar-refractivity contribution in [2.45, 2.75) is 38.3 Å². The Bertz CT molecular complexity index is 612. The summed E-state index contributed by atoms with van der Waals surface area (Å²) in [6.45, 7) is 0.483. The number of allylic oxidation sites excluding steroid dienone is 2. The predicted octanol–water partition coefficient (Wildman–Crippen LogP) is 1.72. The first kappa shape index (κ1) is 10.8. The predicted molar refractivity (Wildman–Crippen MR) is 65.6 cm³/mol. The molecule has 0 aromatic carbocycles. The highest BCUT2D eigenvalue weighted by atomic mass is 35.5. The molecule has 1 aromatic rings. The van der Waals surface area contributed by atoms with E-state index in [1.807, 2.05) is 0 Å². The number of hydrogen-bond acceptors (Lipinski definition) is 2. The van der Waals surface area contributed by atoms with E-state index in [0.29, 0.717) is 6.54 Å². The van der Waals surface area contributed by atoms with Crippen LogP contribution in [0.3, 0.4) is 0 Å². The topological polar surface area (TPSA) is 44.0 Å². The summed E-state index contributed by atoms with van der Waals surface area (Å²) in [5, 5.41) is 0.0260. The molecule has 1 aliphatic carbocycles. The van der Waals surface area contributed by atoms with Crippen LogP contribution in [0, 0.1) is 0 Å². The lowest BCUT2D eigenvalue weighted by Gasteiger charge is -2.33. The van der Waals surface area contributed by atoms with Crippen molar-refractivity contribution in [3.05, 3.63) is 43.4 Å². The number of rotatable bonds is 0. The summed E-state index contributed by atoms with van der Waals surface area (Å²) >= 11 is 5.82. The van der Waals surface area contributed by atoms with Gasteiger partial charge in [0.05, 0.1) is 12.6 Å². The molecule has 1 saturated carbocycles. The minimum absolute atomic E-state index is 0.0260. The van der Waals surface area contributed by atoms with Gasteiger partial charge in [0.25, 0.3) is 11.1 Å². The standard InChI is InChI=1S/C12H13ClN2O2/c13-9-7-11(16)14-6-5-8-3-1-2-4-10(8)15(14)12(9)17/h5,7,10H,1-4,6H2. The van der Waals surface area contributed by atoms with Crippen LogP contribution in [0.25, 0.3) is 0 Å². The van der Waals surface area contributed by atoms with Crippen LogP contribution in [-0.2, 0) is 6.54 Å². The van der Waals surface area contributed by atoms with E-state index in [2.05, 4.69) is 6.08 Å². The Morgan fingerprint density at radius 2 is 2.12 bits per heavy atom. The van der Waals surface area contributed by atoms with E-state index in [9.17, 15) is 9.59 Å².